The zero-order chi connectivity index (χ0) is 20.5. The minimum Gasteiger partial charge on any atom is -0.370 e. The van der Waals surface area contributed by atoms with E-state index in [0.29, 0.717) is 23.6 Å². The highest BCUT2D eigenvalue weighted by Gasteiger charge is 2.28. The van der Waals surface area contributed by atoms with Crippen molar-refractivity contribution in [1.29, 1.82) is 0 Å². The van der Waals surface area contributed by atoms with Gasteiger partial charge in [0.2, 0.25) is 0 Å². The number of morpholine rings is 1. The number of ether oxygens (including phenoxy) is 1. The third kappa shape index (κ3) is 4.06. The van der Waals surface area contributed by atoms with Crippen molar-refractivity contribution in [2.75, 3.05) is 19.7 Å². The fraction of sp³-hybridized carbons (Fsp3) is 0.227. The molecule has 2 aromatic carbocycles. The third-order valence-electron chi connectivity index (χ3n) is 4.90. The van der Waals surface area contributed by atoms with E-state index in [2.05, 4.69) is 0 Å². The Labute approximate surface area is 170 Å². The summed E-state index contributed by atoms with van der Waals surface area (Å²) in [5.74, 6) is -2.30. The fourth-order valence-electron chi connectivity index (χ4n) is 3.38. The number of halogens is 3. The van der Waals surface area contributed by atoms with Crippen LogP contribution in [0, 0.1) is 24.4 Å². The van der Waals surface area contributed by atoms with E-state index in [-0.39, 0.29) is 18.3 Å². The van der Waals surface area contributed by atoms with Crippen molar-refractivity contribution in [2.24, 2.45) is 0 Å². The molecule has 1 aliphatic heterocycles. The summed E-state index contributed by atoms with van der Waals surface area (Å²) in [6, 6.07) is 11.6. The molecule has 0 saturated carbocycles. The number of aryl methyl sites for hydroxylation is 1. The molecule has 0 spiro atoms. The van der Waals surface area contributed by atoms with Gasteiger partial charge in [0.1, 0.15) is 11.9 Å². The highest BCUT2D eigenvalue weighted by molar-refractivity contribution is 7.17. The maximum Gasteiger partial charge on any atom is 0.264 e. The molecular weight excluding hydrogens is 399 g/mol. The highest BCUT2D eigenvalue weighted by Crippen LogP contribution is 2.34. The summed E-state index contributed by atoms with van der Waals surface area (Å²) in [5.41, 5.74) is 2.29. The second-order valence-corrected chi connectivity index (χ2v) is 7.97. The molecule has 1 aromatic heterocycles. The van der Waals surface area contributed by atoms with E-state index in [1.165, 1.54) is 29.5 Å². The zero-order valence-electron chi connectivity index (χ0n) is 15.6. The van der Waals surface area contributed by atoms with Crippen LogP contribution in [-0.4, -0.2) is 30.5 Å². The third-order valence-corrected chi connectivity index (χ3v) is 6.18. The second kappa shape index (κ2) is 8.00. The number of carbonyl (C=O) groups excluding carboxylic acids is 1. The Morgan fingerprint density at radius 1 is 1.07 bits per heavy atom. The lowest BCUT2D eigenvalue weighted by Crippen LogP contribution is -2.42. The maximum absolute atomic E-state index is 13.6. The van der Waals surface area contributed by atoms with Crippen molar-refractivity contribution in [2.45, 2.75) is 13.0 Å². The zero-order valence-corrected chi connectivity index (χ0v) is 16.4. The number of thiophene rings is 1. The van der Waals surface area contributed by atoms with Gasteiger partial charge in [0.15, 0.2) is 11.6 Å². The molecule has 1 unspecified atom stereocenters. The molecule has 0 radical (unpaired) electrons. The smallest absolute Gasteiger partial charge is 0.264 e. The van der Waals surface area contributed by atoms with Crippen LogP contribution in [0.1, 0.15) is 26.9 Å². The molecule has 1 aliphatic rings. The molecule has 3 aromatic rings. The summed E-state index contributed by atoms with van der Waals surface area (Å²) in [4.78, 5) is 16.2. The molecular formula is C22H18F3NO2S. The molecule has 1 amide bonds. The largest absolute Gasteiger partial charge is 0.370 e. The van der Waals surface area contributed by atoms with Crippen molar-refractivity contribution < 1.29 is 22.7 Å². The minimum absolute atomic E-state index is 0.137. The molecule has 1 fully saturated rings. The molecule has 2 heterocycles. The molecule has 3 nitrogen and oxygen atoms in total. The Morgan fingerprint density at radius 2 is 1.83 bits per heavy atom. The number of hydrogen-bond acceptors (Lipinski definition) is 3. The summed E-state index contributed by atoms with van der Waals surface area (Å²) in [5, 5.41) is 0. The summed E-state index contributed by atoms with van der Waals surface area (Å²) >= 11 is 1.36. The first-order chi connectivity index (χ1) is 13.9. The van der Waals surface area contributed by atoms with Crippen molar-refractivity contribution in [1.82, 2.24) is 4.90 Å². The summed E-state index contributed by atoms with van der Waals surface area (Å²) in [6.07, 6.45) is -0.513. The van der Waals surface area contributed by atoms with E-state index in [1.54, 1.807) is 17.0 Å². The van der Waals surface area contributed by atoms with Crippen LogP contribution < -0.4 is 0 Å². The Hall–Kier alpha value is -2.64. The molecule has 1 saturated heterocycles. The van der Waals surface area contributed by atoms with Gasteiger partial charge in [0.25, 0.3) is 5.91 Å². The quantitative estimate of drug-likeness (QED) is 0.575. The van der Waals surface area contributed by atoms with Gasteiger partial charge in [-0.3, -0.25) is 4.79 Å². The predicted octanol–water partition coefficient (Wildman–Crippen LogP) is 5.35. The molecule has 0 bridgehead atoms. The molecule has 0 aliphatic carbocycles. The Balaban J connectivity index is 1.54. The number of hydrogen-bond donors (Lipinski definition) is 0. The van der Waals surface area contributed by atoms with Gasteiger partial charge >= 0.3 is 0 Å². The minimum atomic E-state index is -0.938. The van der Waals surface area contributed by atoms with E-state index >= 15 is 0 Å². The lowest BCUT2D eigenvalue weighted by Gasteiger charge is -2.33. The van der Waals surface area contributed by atoms with Gasteiger partial charge in [0, 0.05) is 11.4 Å². The van der Waals surface area contributed by atoms with Crippen molar-refractivity contribution in [3.8, 4) is 10.4 Å². The average molecular weight is 417 g/mol. The van der Waals surface area contributed by atoms with Crippen molar-refractivity contribution >= 4 is 17.2 Å². The molecule has 7 heteroatoms. The topological polar surface area (TPSA) is 29.5 Å². The molecule has 4 rings (SSSR count). The molecule has 29 heavy (non-hydrogen) atoms. The Morgan fingerprint density at radius 3 is 2.55 bits per heavy atom. The highest BCUT2D eigenvalue weighted by atomic mass is 32.1. The number of carbonyl (C=O) groups is 1. The van der Waals surface area contributed by atoms with Crippen molar-refractivity contribution in [3.05, 3.63) is 82.0 Å². The van der Waals surface area contributed by atoms with Crippen LogP contribution in [0.5, 0.6) is 0 Å². The van der Waals surface area contributed by atoms with Gasteiger partial charge in [-0.05, 0) is 53.9 Å². The van der Waals surface area contributed by atoms with Crippen LogP contribution in [0.25, 0.3) is 10.4 Å². The maximum atomic E-state index is 13.6. The van der Waals surface area contributed by atoms with Crippen LogP contribution in [0.4, 0.5) is 13.2 Å². The van der Waals surface area contributed by atoms with Gasteiger partial charge < -0.3 is 9.64 Å². The number of nitrogens with zero attached hydrogens (tertiary/aromatic N) is 1. The number of benzene rings is 2. The van der Waals surface area contributed by atoms with Crippen LogP contribution in [-0.2, 0) is 4.74 Å². The van der Waals surface area contributed by atoms with Gasteiger partial charge in [-0.2, -0.15) is 0 Å². The molecule has 1 atom stereocenters. The van der Waals surface area contributed by atoms with Gasteiger partial charge in [-0.1, -0.05) is 18.2 Å². The van der Waals surface area contributed by atoms with E-state index in [1.807, 2.05) is 13.0 Å². The number of amides is 1. The van der Waals surface area contributed by atoms with Gasteiger partial charge in [-0.15, -0.1) is 11.3 Å². The monoisotopic (exact) mass is 417 g/mol. The van der Waals surface area contributed by atoms with Crippen LogP contribution >= 0.6 is 11.3 Å². The van der Waals surface area contributed by atoms with E-state index < -0.39 is 17.7 Å². The lowest BCUT2D eigenvalue weighted by atomic mass is 10.1. The fourth-order valence-corrected chi connectivity index (χ4v) is 4.53. The van der Waals surface area contributed by atoms with Gasteiger partial charge in [-0.25, -0.2) is 13.2 Å². The van der Waals surface area contributed by atoms with E-state index in [4.69, 9.17) is 4.74 Å². The molecule has 150 valence electrons. The Kier molecular flexibility index (Phi) is 5.43. The SMILES string of the molecule is Cc1cc(C(=O)N2CCOC(c3ccc(F)c(F)c3)C2)sc1-c1ccc(F)cc1. The van der Waals surface area contributed by atoms with Gasteiger partial charge in [0.05, 0.1) is 18.0 Å². The first kappa shape index (κ1) is 19.7. The summed E-state index contributed by atoms with van der Waals surface area (Å²) < 4.78 is 45.6. The molecule has 0 N–H and O–H groups in total. The second-order valence-electron chi connectivity index (χ2n) is 6.91. The number of rotatable bonds is 3. The van der Waals surface area contributed by atoms with Crippen LogP contribution in [0.2, 0.25) is 0 Å². The van der Waals surface area contributed by atoms with Crippen molar-refractivity contribution in [3.63, 3.8) is 0 Å². The standard InChI is InChI=1S/C22H18F3NO2S/c1-13-10-20(29-21(13)14-2-5-16(23)6-3-14)22(27)26-8-9-28-19(12-26)15-4-7-17(24)18(25)11-15/h2-7,10-11,19H,8-9,12H2,1H3. The van der Waals surface area contributed by atoms with E-state index in [9.17, 15) is 18.0 Å². The predicted molar refractivity (Wildman–Crippen MR) is 105 cm³/mol. The first-order valence-electron chi connectivity index (χ1n) is 9.14. The van der Waals surface area contributed by atoms with Crippen LogP contribution in [0.15, 0.2) is 48.5 Å². The average Bonchev–Trinajstić information content (AvgIpc) is 3.12. The first-order valence-corrected chi connectivity index (χ1v) is 9.96. The summed E-state index contributed by atoms with van der Waals surface area (Å²) in [6.45, 7) is 2.90. The van der Waals surface area contributed by atoms with Crippen LogP contribution in [0.3, 0.4) is 0 Å². The Bertz CT molecular complexity index is 1050. The van der Waals surface area contributed by atoms with E-state index in [0.717, 1.165) is 28.1 Å². The summed E-state index contributed by atoms with van der Waals surface area (Å²) in [7, 11) is 0. The normalized spacial score (nSPS) is 16.8. The lowest BCUT2D eigenvalue weighted by molar-refractivity contribution is -0.0228.